The van der Waals surface area contributed by atoms with E-state index in [9.17, 15) is 4.79 Å². The van der Waals surface area contributed by atoms with Crippen LogP contribution < -0.4 is 5.56 Å². The average Bonchev–Trinajstić information content (AvgIpc) is 2.61. The monoisotopic (exact) mass is 219 g/mol. The minimum atomic E-state index is -0.0429. The fourth-order valence-electron chi connectivity index (χ4n) is 1.82. The van der Waals surface area contributed by atoms with Crippen LogP contribution in [0.25, 0.3) is 10.9 Å². The normalized spacial score (nSPS) is 11.9. The molecule has 2 aromatic rings. The largest absolute Gasteiger partial charge is 0.325 e. The zero-order chi connectivity index (χ0) is 11.9. The van der Waals surface area contributed by atoms with Crippen LogP contribution in [0.5, 0.6) is 0 Å². The molecule has 2 aromatic heterocycles. The van der Waals surface area contributed by atoms with Crippen molar-refractivity contribution in [1.82, 2.24) is 15.2 Å². The molecule has 2 rings (SSSR count). The van der Waals surface area contributed by atoms with Gasteiger partial charge in [0, 0.05) is 5.69 Å². The highest BCUT2D eigenvalue weighted by molar-refractivity contribution is 5.81. The Kier molecular flexibility index (Phi) is 2.58. The lowest BCUT2D eigenvalue weighted by Crippen LogP contribution is -2.11. The van der Waals surface area contributed by atoms with Gasteiger partial charge >= 0.3 is 0 Å². The highest BCUT2D eigenvalue weighted by atomic mass is 16.1. The van der Waals surface area contributed by atoms with E-state index in [0.717, 1.165) is 16.9 Å². The van der Waals surface area contributed by atoms with Crippen LogP contribution >= 0.6 is 0 Å². The molecule has 0 aliphatic carbocycles. The van der Waals surface area contributed by atoms with E-state index >= 15 is 0 Å². The maximum atomic E-state index is 12.0. The Morgan fingerprint density at radius 3 is 2.44 bits per heavy atom. The molecular weight excluding hydrogens is 202 g/mol. The maximum Gasteiger partial charge on any atom is 0.259 e. The molecule has 0 saturated carbocycles. The second-order valence-electron chi connectivity index (χ2n) is 4.76. The molecular formula is C12H17N3O. The second-order valence-corrected chi connectivity index (χ2v) is 4.76. The summed E-state index contributed by atoms with van der Waals surface area (Å²) in [6.07, 6.45) is 0. The predicted molar refractivity (Wildman–Crippen MR) is 64.9 cm³/mol. The highest BCUT2D eigenvalue weighted by Gasteiger charge is 2.14. The van der Waals surface area contributed by atoms with Crippen molar-refractivity contribution in [2.24, 2.45) is 0 Å². The van der Waals surface area contributed by atoms with E-state index < -0.39 is 0 Å². The van der Waals surface area contributed by atoms with E-state index in [1.165, 1.54) is 0 Å². The zero-order valence-electron chi connectivity index (χ0n) is 10.1. The quantitative estimate of drug-likeness (QED) is 0.815. The number of fused-ring (bicyclic) bond motifs is 1. The number of hydrogen-bond acceptors (Lipinski definition) is 2. The van der Waals surface area contributed by atoms with E-state index in [1.54, 1.807) is 0 Å². The summed E-state index contributed by atoms with van der Waals surface area (Å²) in [6.45, 7) is 8.19. The topological polar surface area (TPSA) is 61.5 Å². The summed E-state index contributed by atoms with van der Waals surface area (Å²) in [5.74, 6) is 0.576. The van der Waals surface area contributed by atoms with Gasteiger partial charge in [-0.1, -0.05) is 27.7 Å². The Labute approximate surface area is 94.1 Å². The van der Waals surface area contributed by atoms with E-state index in [2.05, 4.69) is 15.2 Å². The van der Waals surface area contributed by atoms with Crippen molar-refractivity contribution in [3.8, 4) is 0 Å². The van der Waals surface area contributed by atoms with Gasteiger partial charge < -0.3 is 4.98 Å². The molecule has 2 heterocycles. The van der Waals surface area contributed by atoms with Crippen molar-refractivity contribution in [1.29, 1.82) is 0 Å². The van der Waals surface area contributed by atoms with Crippen LogP contribution in [0.3, 0.4) is 0 Å². The first-order valence-corrected chi connectivity index (χ1v) is 5.62. The maximum absolute atomic E-state index is 12.0. The third kappa shape index (κ3) is 1.64. The van der Waals surface area contributed by atoms with Crippen LogP contribution in [-0.4, -0.2) is 15.2 Å². The van der Waals surface area contributed by atoms with Gasteiger partial charge in [-0.15, -0.1) is 0 Å². The number of nitrogens with zero attached hydrogens (tertiary/aromatic N) is 1. The molecule has 0 unspecified atom stereocenters. The molecule has 0 fully saturated rings. The number of pyridine rings is 1. The lowest BCUT2D eigenvalue weighted by atomic mass is 10.1. The lowest BCUT2D eigenvalue weighted by molar-refractivity contribution is 0.814. The molecule has 0 amide bonds. The molecule has 0 bridgehead atoms. The summed E-state index contributed by atoms with van der Waals surface area (Å²) in [5, 5.41) is 7.84. The second kappa shape index (κ2) is 3.77. The van der Waals surface area contributed by atoms with Crippen molar-refractivity contribution in [3.63, 3.8) is 0 Å². The van der Waals surface area contributed by atoms with Crippen LogP contribution in [0.1, 0.15) is 50.9 Å². The smallest absolute Gasteiger partial charge is 0.259 e. The Morgan fingerprint density at radius 1 is 1.19 bits per heavy atom. The molecule has 0 aliphatic rings. The summed E-state index contributed by atoms with van der Waals surface area (Å²) in [6, 6.07) is 1.95. The summed E-state index contributed by atoms with van der Waals surface area (Å²) < 4.78 is 0. The molecule has 4 nitrogen and oxygen atoms in total. The third-order valence-electron chi connectivity index (χ3n) is 2.80. The van der Waals surface area contributed by atoms with Crippen molar-refractivity contribution in [2.75, 3.05) is 0 Å². The molecule has 4 heteroatoms. The summed E-state index contributed by atoms with van der Waals surface area (Å²) in [5.41, 5.74) is 2.56. The molecule has 0 spiro atoms. The first-order valence-electron chi connectivity index (χ1n) is 5.62. The van der Waals surface area contributed by atoms with Crippen LogP contribution in [0.2, 0.25) is 0 Å². The third-order valence-corrected chi connectivity index (χ3v) is 2.80. The predicted octanol–water partition coefficient (Wildman–Crippen LogP) is 2.50. The SMILES string of the molecule is CC(C)c1cc2n[nH]c(C(C)C)c2c(=O)[nH]1. The van der Waals surface area contributed by atoms with Gasteiger partial charge in [0.25, 0.3) is 5.56 Å². The summed E-state index contributed by atoms with van der Waals surface area (Å²) >= 11 is 0. The van der Waals surface area contributed by atoms with Crippen molar-refractivity contribution in [2.45, 2.75) is 39.5 Å². The fraction of sp³-hybridized carbons (Fsp3) is 0.500. The zero-order valence-corrected chi connectivity index (χ0v) is 10.1. The minimum absolute atomic E-state index is 0.0429. The first kappa shape index (κ1) is 10.9. The molecule has 0 atom stereocenters. The highest BCUT2D eigenvalue weighted by Crippen LogP contribution is 2.21. The Balaban J connectivity index is 2.74. The Morgan fingerprint density at radius 2 is 1.88 bits per heavy atom. The number of aromatic nitrogens is 3. The van der Waals surface area contributed by atoms with Gasteiger partial charge in [-0.25, -0.2) is 0 Å². The van der Waals surface area contributed by atoms with Crippen LogP contribution in [0.15, 0.2) is 10.9 Å². The summed E-state index contributed by atoms with van der Waals surface area (Å²) in [4.78, 5) is 14.9. The number of hydrogen-bond donors (Lipinski definition) is 2. The average molecular weight is 219 g/mol. The van der Waals surface area contributed by atoms with Gasteiger partial charge in [-0.05, 0) is 17.9 Å². The lowest BCUT2D eigenvalue weighted by Gasteiger charge is -2.05. The van der Waals surface area contributed by atoms with Crippen molar-refractivity contribution in [3.05, 3.63) is 27.8 Å². The van der Waals surface area contributed by atoms with Gasteiger partial charge in [-0.3, -0.25) is 9.89 Å². The van der Waals surface area contributed by atoms with Crippen molar-refractivity contribution >= 4 is 10.9 Å². The Hall–Kier alpha value is -1.58. The first-order chi connectivity index (χ1) is 7.50. The molecule has 0 aromatic carbocycles. The standard InChI is InChI=1S/C12H17N3O/c1-6(2)8-5-9-10(12(16)13-8)11(7(3)4)15-14-9/h5-7H,1-4H3,(H,13,16)(H,14,15). The number of nitrogens with one attached hydrogen (secondary N) is 2. The molecule has 86 valence electrons. The number of aromatic amines is 2. The summed E-state index contributed by atoms with van der Waals surface area (Å²) in [7, 11) is 0. The van der Waals surface area contributed by atoms with E-state index in [1.807, 2.05) is 33.8 Å². The molecule has 2 N–H and O–H groups in total. The van der Waals surface area contributed by atoms with Gasteiger partial charge in [-0.2, -0.15) is 5.10 Å². The number of rotatable bonds is 2. The van der Waals surface area contributed by atoms with Crippen LogP contribution in [0.4, 0.5) is 0 Å². The van der Waals surface area contributed by atoms with Gasteiger partial charge in [0.05, 0.1) is 16.6 Å². The van der Waals surface area contributed by atoms with Crippen molar-refractivity contribution < 1.29 is 0 Å². The Bertz CT molecular complexity index is 563. The van der Waals surface area contributed by atoms with Gasteiger partial charge in [0.2, 0.25) is 0 Å². The molecule has 0 radical (unpaired) electrons. The molecule has 16 heavy (non-hydrogen) atoms. The van der Waals surface area contributed by atoms with Gasteiger partial charge in [0.1, 0.15) is 0 Å². The molecule has 0 saturated heterocycles. The number of H-pyrrole nitrogens is 2. The van der Waals surface area contributed by atoms with E-state index in [4.69, 9.17) is 0 Å². The van der Waals surface area contributed by atoms with Gasteiger partial charge in [0.15, 0.2) is 0 Å². The van der Waals surface area contributed by atoms with Crippen LogP contribution in [0, 0.1) is 0 Å². The molecule has 0 aliphatic heterocycles. The van der Waals surface area contributed by atoms with E-state index in [-0.39, 0.29) is 11.5 Å². The van der Waals surface area contributed by atoms with Crippen LogP contribution in [-0.2, 0) is 0 Å². The minimum Gasteiger partial charge on any atom is -0.325 e. The fourth-order valence-corrected chi connectivity index (χ4v) is 1.82. The van der Waals surface area contributed by atoms with E-state index in [0.29, 0.717) is 11.3 Å².